The van der Waals surface area contributed by atoms with Crippen LogP contribution in [0.2, 0.25) is 0 Å². The molecular formula is C20H33N5O6S. The molecule has 0 saturated carbocycles. The number of rotatable bonds is 12. The van der Waals surface area contributed by atoms with Gasteiger partial charge in [0.1, 0.15) is 18.1 Å². The van der Waals surface area contributed by atoms with E-state index in [2.05, 4.69) is 16.0 Å². The quantitative estimate of drug-likeness (QED) is 0.236. The highest BCUT2D eigenvalue weighted by Crippen LogP contribution is 2.21. The van der Waals surface area contributed by atoms with Crippen molar-refractivity contribution in [2.45, 2.75) is 69.1 Å². The Morgan fingerprint density at radius 2 is 1.88 bits per heavy atom. The Balaban J connectivity index is 2.03. The first kappa shape index (κ1) is 25.9. The number of carbonyl (C=O) groups excluding carboxylic acids is 4. The Morgan fingerprint density at radius 3 is 2.47 bits per heavy atom. The molecule has 0 aliphatic carbocycles. The maximum atomic E-state index is 13.0. The molecule has 4 unspecified atom stereocenters. The summed E-state index contributed by atoms with van der Waals surface area (Å²) in [5.41, 5.74) is 5.07. The second-order valence-electron chi connectivity index (χ2n) is 8.09. The van der Waals surface area contributed by atoms with Gasteiger partial charge in [0.05, 0.1) is 6.04 Å². The van der Waals surface area contributed by atoms with E-state index in [9.17, 15) is 29.1 Å². The Kier molecular flexibility index (Phi) is 10.2. The van der Waals surface area contributed by atoms with E-state index < -0.39 is 41.8 Å². The molecule has 4 atom stereocenters. The van der Waals surface area contributed by atoms with E-state index in [0.29, 0.717) is 31.6 Å². The zero-order valence-electron chi connectivity index (χ0n) is 18.3. The van der Waals surface area contributed by atoms with Crippen LogP contribution in [-0.2, 0) is 24.0 Å². The molecule has 0 aromatic carbocycles. The summed E-state index contributed by atoms with van der Waals surface area (Å²) in [7, 11) is 0. The van der Waals surface area contributed by atoms with Crippen molar-refractivity contribution < 1.29 is 29.1 Å². The molecule has 6 N–H and O–H groups in total. The lowest BCUT2D eigenvalue weighted by Gasteiger charge is -2.28. The minimum atomic E-state index is -1.29. The number of aliphatic carboxylic acids is 1. The average Bonchev–Trinajstić information content (AvgIpc) is 3.45. The van der Waals surface area contributed by atoms with Crippen molar-refractivity contribution in [1.29, 1.82) is 0 Å². The van der Waals surface area contributed by atoms with E-state index >= 15 is 0 Å². The number of nitrogens with zero attached hydrogens (tertiary/aromatic N) is 1. The maximum Gasteiger partial charge on any atom is 0.326 e. The fourth-order valence-electron chi connectivity index (χ4n) is 3.99. The topological polar surface area (TPSA) is 171 Å². The molecule has 11 nitrogen and oxygen atoms in total. The third-order valence-corrected chi connectivity index (χ3v) is 6.38. The van der Waals surface area contributed by atoms with Gasteiger partial charge in [-0.3, -0.25) is 19.2 Å². The molecule has 0 aromatic heterocycles. The first-order valence-corrected chi connectivity index (χ1v) is 12.3. The van der Waals surface area contributed by atoms with Crippen molar-refractivity contribution in [3.05, 3.63) is 0 Å². The third-order valence-electron chi connectivity index (χ3n) is 5.73. The number of hydrogen-bond acceptors (Lipinski definition) is 7. The van der Waals surface area contributed by atoms with Crippen molar-refractivity contribution in [3.8, 4) is 0 Å². The fourth-order valence-corrected chi connectivity index (χ4v) is 4.46. The number of hydrogen-bond donors (Lipinski definition) is 5. The molecule has 0 aromatic rings. The van der Waals surface area contributed by atoms with Crippen LogP contribution < -0.4 is 21.7 Å². The van der Waals surface area contributed by atoms with Crippen molar-refractivity contribution in [1.82, 2.24) is 20.9 Å². The number of carbonyl (C=O) groups is 5. The van der Waals surface area contributed by atoms with Crippen LogP contribution in [0.25, 0.3) is 0 Å². The van der Waals surface area contributed by atoms with E-state index in [-0.39, 0.29) is 24.8 Å². The summed E-state index contributed by atoms with van der Waals surface area (Å²) in [5, 5.41) is 17.6. The van der Waals surface area contributed by atoms with Gasteiger partial charge in [-0.2, -0.15) is 11.8 Å². The second kappa shape index (κ2) is 12.6. The molecular weight excluding hydrogens is 438 g/mol. The van der Waals surface area contributed by atoms with Crippen molar-refractivity contribution in [2.75, 3.05) is 25.1 Å². The van der Waals surface area contributed by atoms with E-state index in [1.54, 1.807) is 4.90 Å². The molecule has 2 aliphatic rings. The lowest BCUT2D eigenvalue weighted by atomic mass is 10.1. The summed E-state index contributed by atoms with van der Waals surface area (Å²) in [6.07, 6.45) is 4.69. The number of thioether (sulfide) groups is 1. The molecule has 4 amide bonds. The van der Waals surface area contributed by atoms with Gasteiger partial charge in [0, 0.05) is 13.0 Å². The molecule has 2 saturated heterocycles. The highest BCUT2D eigenvalue weighted by molar-refractivity contribution is 7.98. The van der Waals surface area contributed by atoms with E-state index in [1.807, 2.05) is 6.26 Å². The summed E-state index contributed by atoms with van der Waals surface area (Å²) in [6.45, 7) is 1.27. The predicted octanol–water partition coefficient (Wildman–Crippen LogP) is -1.20. The van der Waals surface area contributed by atoms with Gasteiger partial charge < -0.3 is 31.7 Å². The van der Waals surface area contributed by atoms with Gasteiger partial charge in [-0.15, -0.1) is 0 Å². The first-order valence-electron chi connectivity index (χ1n) is 10.9. The second-order valence-corrected chi connectivity index (χ2v) is 9.07. The van der Waals surface area contributed by atoms with Gasteiger partial charge in [0.15, 0.2) is 0 Å². The van der Waals surface area contributed by atoms with Crippen molar-refractivity contribution in [3.63, 3.8) is 0 Å². The monoisotopic (exact) mass is 471 g/mol. The summed E-state index contributed by atoms with van der Waals surface area (Å²) in [4.78, 5) is 62.6. The van der Waals surface area contributed by atoms with Gasteiger partial charge in [0.2, 0.25) is 23.6 Å². The van der Waals surface area contributed by atoms with Crippen LogP contribution in [0, 0.1) is 0 Å². The number of carboxylic acids is 1. The minimum Gasteiger partial charge on any atom is -0.480 e. The SMILES string of the molecule is CSCCC(NC(=O)C1CCCN1C(=O)C1CCCN1)C(=O)NC(CCC(N)=O)C(=O)O. The van der Waals surface area contributed by atoms with Crippen LogP contribution in [0.15, 0.2) is 0 Å². The molecule has 2 rings (SSSR count). The third kappa shape index (κ3) is 7.37. The lowest BCUT2D eigenvalue weighted by Crippen LogP contribution is -2.56. The highest BCUT2D eigenvalue weighted by Gasteiger charge is 2.39. The van der Waals surface area contributed by atoms with Gasteiger partial charge in [-0.1, -0.05) is 0 Å². The number of primary amides is 1. The summed E-state index contributed by atoms with van der Waals surface area (Å²) in [5.74, 6) is -2.54. The van der Waals surface area contributed by atoms with Gasteiger partial charge in [-0.05, 0) is 57.1 Å². The standard InChI is InChI=1S/C20H33N5O6S/c1-32-11-8-12(17(27)24-14(20(30)31)6-7-16(21)26)23-18(28)15-5-3-10-25(15)19(29)13-4-2-9-22-13/h12-15,22H,2-11H2,1H3,(H2,21,26)(H,23,28)(H,24,27)(H,30,31). The van der Waals surface area contributed by atoms with Crippen LogP contribution in [-0.4, -0.2) is 88.9 Å². The molecule has 0 radical (unpaired) electrons. The Morgan fingerprint density at radius 1 is 1.12 bits per heavy atom. The van der Waals surface area contributed by atoms with Gasteiger partial charge in [-0.25, -0.2) is 4.79 Å². The number of likely N-dealkylation sites (tertiary alicyclic amines) is 1. The van der Waals surface area contributed by atoms with Crippen LogP contribution >= 0.6 is 11.8 Å². The van der Waals surface area contributed by atoms with Crippen LogP contribution in [0.3, 0.4) is 0 Å². The zero-order chi connectivity index (χ0) is 23.7. The van der Waals surface area contributed by atoms with Gasteiger partial charge >= 0.3 is 5.97 Å². The largest absolute Gasteiger partial charge is 0.480 e. The molecule has 12 heteroatoms. The molecule has 2 fully saturated rings. The normalized spacial score (nSPS) is 22.2. The molecule has 32 heavy (non-hydrogen) atoms. The Bertz CT molecular complexity index is 715. The van der Waals surface area contributed by atoms with Gasteiger partial charge in [0.25, 0.3) is 0 Å². The Hall–Kier alpha value is -2.34. The number of nitrogens with one attached hydrogen (secondary N) is 3. The first-order chi connectivity index (χ1) is 15.2. The molecule has 0 spiro atoms. The Labute approximate surface area is 191 Å². The molecule has 0 bridgehead atoms. The van der Waals surface area contributed by atoms with Crippen LogP contribution in [0.1, 0.15) is 44.9 Å². The lowest BCUT2D eigenvalue weighted by molar-refractivity contribution is -0.143. The maximum absolute atomic E-state index is 13.0. The number of nitrogens with two attached hydrogens (primary N) is 1. The number of amides is 4. The average molecular weight is 472 g/mol. The van der Waals surface area contributed by atoms with Crippen LogP contribution in [0.5, 0.6) is 0 Å². The summed E-state index contributed by atoms with van der Waals surface area (Å²) in [6, 6.07) is -3.17. The zero-order valence-corrected chi connectivity index (χ0v) is 19.1. The highest BCUT2D eigenvalue weighted by atomic mass is 32.2. The fraction of sp³-hybridized carbons (Fsp3) is 0.750. The molecule has 2 heterocycles. The summed E-state index contributed by atoms with van der Waals surface area (Å²) >= 11 is 1.49. The summed E-state index contributed by atoms with van der Waals surface area (Å²) < 4.78 is 0. The number of carboxylic acid groups (broad SMARTS) is 1. The smallest absolute Gasteiger partial charge is 0.326 e. The van der Waals surface area contributed by atoms with Crippen LogP contribution in [0.4, 0.5) is 0 Å². The van der Waals surface area contributed by atoms with Crippen molar-refractivity contribution in [2.24, 2.45) is 5.73 Å². The molecule has 180 valence electrons. The van der Waals surface area contributed by atoms with E-state index in [1.165, 1.54) is 11.8 Å². The van der Waals surface area contributed by atoms with E-state index in [0.717, 1.165) is 19.4 Å². The van der Waals surface area contributed by atoms with E-state index in [4.69, 9.17) is 5.73 Å². The molecule has 2 aliphatic heterocycles. The van der Waals surface area contributed by atoms with Crippen molar-refractivity contribution >= 4 is 41.4 Å². The minimum absolute atomic E-state index is 0.0948. The predicted molar refractivity (Wildman–Crippen MR) is 119 cm³/mol.